The molecule has 0 unspecified atom stereocenters. The highest BCUT2D eigenvalue weighted by Gasteiger charge is 2.11. The molecule has 0 aliphatic heterocycles. The van der Waals surface area contributed by atoms with Gasteiger partial charge >= 0.3 is 17.9 Å². The Labute approximate surface area is 514 Å². The molecule has 10 rings (SSSR count). The Hall–Kier alpha value is -11.4. The predicted octanol–water partition coefficient (Wildman–Crippen LogP) is 15.8. The van der Waals surface area contributed by atoms with Crippen LogP contribution in [0.25, 0.3) is 43.1 Å². The molecule has 1 aromatic heterocycles. The number of esters is 3. The van der Waals surface area contributed by atoms with E-state index in [1.165, 1.54) is 35.6 Å². The summed E-state index contributed by atoms with van der Waals surface area (Å²) in [6.07, 6.45) is 11.1. The summed E-state index contributed by atoms with van der Waals surface area (Å²) in [5, 5.41) is 8.13. The fourth-order valence-corrected chi connectivity index (χ4v) is 9.56. The number of fused-ring (bicyclic) bond motifs is 4. The highest BCUT2D eigenvalue weighted by atomic mass is 16.5. The van der Waals surface area contributed by atoms with Gasteiger partial charge in [0.25, 0.3) is 0 Å². The molecule has 9 nitrogen and oxygen atoms in total. The molecule has 0 spiro atoms. The van der Waals surface area contributed by atoms with Crippen LogP contribution in [0.3, 0.4) is 0 Å². The van der Waals surface area contributed by atoms with Crippen LogP contribution >= 0.6 is 0 Å². The molecule has 0 amide bonds. The van der Waals surface area contributed by atoms with Gasteiger partial charge in [0.15, 0.2) is 0 Å². The molecule has 0 bridgehead atoms. The van der Waals surface area contributed by atoms with Gasteiger partial charge in [-0.3, -0.25) is 0 Å². The topological polar surface area (TPSA) is 110 Å². The van der Waals surface area contributed by atoms with Gasteiger partial charge in [0.2, 0.25) is 0 Å². The lowest BCUT2D eigenvalue weighted by molar-refractivity contribution is -0.138. The highest BCUT2D eigenvalue weighted by molar-refractivity contribution is 5.97. The maximum absolute atomic E-state index is 11.7. The van der Waals surface area contributed by atoms with Crippen LogP contribution in [0.1, 0.15) is 89.2 Å². The molecule has 0 saturated heterocycles. The molecule has 9 aromatic carbocycles. The van der Waals surface area contributed by atoms with Crippen molar-refractivity contribution in [2.75, 3.05) is 26.4 Å². The Morgan fingerprint density at radius 2 is 0.784 bits per heavy atom. The second-order valence-electron chi connectivity index (χ2n) is 20.0. The molecule has 0 fully saturated rings. The molecule has 9 heteroatoms. The number of benzene rings is 9. The number of nitrogens with zero attached hydrogens (tertiary/aromatic N) is 1. The Morgan fingerprint density at radius 1 is 0.386 bits per heavy atom. The van der Waals surface area contributed by atoms with E-state index in [-0.39, 0.29) is 13.2 Å². The first-order chi connectivity index (χ1) is 43.2. The predicted molar refractivity (Wildman–Crippen MR) is 352 cm³/mol. The maximum atomic E-state index is 11.7. The van der Waals surface area contributed by atoms with Crippen LogP contribution in [-0.2, 0) is 30.3 Å². The minimum absolute atomic E-state index is 0.267. The third-order valence-electron chi connectivity index (χ3n) is 14.0. The number of hydrogen-bond donors (Lipinski definition) is 0. The van der Waals surface area contributed by atoms with Crippen molar-refractivity contribution in [3.63, 3.8) is 0 Å². The van der Waals surface area contributed by atoms with Crippen LogP contribution in [-0.4, -0.2) is 49.3 Å². The van der Waals surface area contributed by atoms with Crippen molar-refractivity contribution in [2.24, 2.45) is 0 Å². The van der Waals surface area contributed by atoms with Crippen molar-refractivity contribution in [1.82, 2.24) is 4.98 Å². The number of aromatic nitrogens is 1. The summed E-state index contributed by atoms with van der Waals surface area (Å²) in [6.45, 7) is 13.8. The second-order valence-corrected chi connectivity index (χ2v) is 20.0. The molecule has 0 saturated carbocycles. The zero-order chi connectivity index (χ0) is 61.3. The molecule has 0 atom stereocenters. The molecule has 10 aromatic rings. The standard InChI is InChI=1S/C41H33NO6.C38H30O2/c1-3-40(43)47-27-9-25-45-38-23-19-31(34-11-5-7-13-36(34)38)17-15-30-16-21-33(42-29-30)22-18-32-20-24-39(37-14-8-6-12-35(32)37)46-26-10-28-48-41(44)4-2;1-3-5-6-11-30-24-25-31(34-13-8-7-12-33(30)34)22-20-28-16-18-29(19-17-28)21-23-32-26-27-37(40-38(39)4-2)36-15-10-9-14-35(32)36/h3-8,11-14,16,19-21,23-24,29H,1-2,9-10,25-28H2;4,7-10,12-19,24-27H,2-3,5-6,11H2,1H3. The van der Waals surface area contributed by atoms with E-state index in [9.17, 15) is 14.4 Å². The average Bonchev–Trinajstić information content (AvgIpc) is 2.85. The van der Waals surface area contributed by atoms with E-state index in [1.54, 1.807) is 12.3 Å². The third-order valence-corrected chi connectivity index (χ3v) is 14.0. The van der Waals surface area contributed by atoms with Crippen molar-refractivity contribution >= 4 is 61.0 Å². The molecular formula is C79H63NO8. The number of aryl methyl sites for hydroxylation is 1. The first-order valence-corrected chi connectivity index (χ1v) is 29.1. The van der Waals surface area contributed by atoms with E-state index in [0.717, 1.165) is 107 Å². The van der Waals surface area contributed by atoms with Gasteiger partial charge in [-0.05, 0) is 114 Å². The van der Waals surface area contributed by atoms with E-state index < -0.39 is 17.9 Å². The van der Waals surface area contributed by atoms with Crippen LogP contribution in [0.5, 0.6) is 17.2 Å². The summed E-state index contributed by atoms with van der Waals surface area (Å²) in [5.41, 5.74) is 8.29. The van der Waals surface area contributed by atoms with Crippen LogP contribution in [0, 0.1) is 47.4 Å². The highest BCUT2D eigenvalue weighted by Crippen LogP contribution is 2.32. The maximum Gasteiger partial charge on any atom is 0.335 e. The van der Waals surface area contributed by atoms with E-state index in [2.05, 4.69) is 115 Å². The van der Waals surface area contributed by atoms with E-state index in [1.807, 2.05) is 140 Å². The van der Waals surface area contributed by atoms with Crippen LogP contribution in [0.2, 0.25) is 0 Å². The van der Waals surface area contributed by atoms with Gasteiger partial charge in [-0.1, -0.05) is 184 Å². The lowest BCUT2D eigenvalue weighted by Gasteiger charge is -2.10. The molecule has 88 heavy (non-hydrogen) atoms. The molecule has 0 radical (unpaired) electrons. The van der Waals surface area contributed by atoms with Crippen molar-refractivity contribution in [3.8, 4) is 64.6 Å². The average molecular weight is 1150 g/mol. The van der Waals surface area contributed by atoms with Crippen LogP contribution in [0.4, 0.5) is 0 Å². The van der Waals surface area contributed by atoms with Gasteiger partial charge < -0.3 is 23.7 Å². The second kappa shape index (κ2) is 31.5. The zero-order valence-corrected chi connectivity index (χ0v) is 49.0. The van der Waals surface area contributed by atoms with E-state index in [0.29, 0.717) is 37.5 Å². The fourth-order valence-electron chi connectivity index (χ4n) is 9.56. The normalized spacial score (nSPS) is 10.2. The summed E-state index contributed by atoms with van der Waals surface area (Å²) in [7, 11) is 0. The summed E-state index contributed by atoms with van der Waals surface area (Å²) >= 11 is 0. The Kier molecular flexibility index (Phi) is 21.9. The van der Waals surface area contributed by atoms with Gasteiger partial charge in [0.1, 0.15) is 22.9 Å². The van der Waals surface area contributed by atoms with Crippen LogP contribution < -0.4 is 14.2 Å². The number of hydrogen-bond acceptors (Lipinski definition) is 9. The molecular weight excluding hydrogens is 1090 g/mol. The SMILES string of the molecule is C=CC(=O)OCCCOc1ccc(C#Cc2ccc(C#Cc3ccc(OCCCOC(=O)C=C)c4ccccc34)nc2)c2ccccc12.C=CC(=O)Oc1ccc(C#Cc2ccc(C#Cc3ccc(CCCCC)c4ccccc34)cc2)c2ccccc12. The summed E-state index contributed by atoms with van der Waals surface area (Å²) in [6, 6.07) is 59.7. The van der Waals surface area contributed by atoms with Gasteiger partial charge in [0.05, 0.1) is 26.4 Å². The number of pyridine rings is 1. The molecule has 1 heterocycles. The smallest absolute Gasteiger partial charge is 0.335 e. The number of carbonyl (C=O) groups excluding carboxylic acids is 3. The van der Waals surface area contributed by atoms with Crippen LogP contribution in [0.15, 0.2) is 226 Å². The Morgan fingerprint density at radius 3 is 1.24 bits per heavy atom. The number of carbonyl (C=O) groups is 3. The monoisotopic (exact) mass is 1150 g/mol. The zero-order valence-electron chi connectivity index (χ0n) is 49.0. The molecule has 432 valence electrons. The molecule has 0 aliphatic carbocycles. The van der Waals surface area contributed by atoms with Gasteiger partial charge in [-0.2, -0.15) is 0 Å². The molecule has 0 N–H and O–H groups in total. The minimum Gasteiger partial charge on any atom is -0.493 e. The lowest BCUT2D eigenvalue weighted by atomic mass is 9.96. The first-order valence-electron chi connectivity index (χ1n) is 29.1. The van der Waals surface area contributed by atoms with Crippen molar-refractivity contribution in [2.45, 2.75) is 45.4 Å². The Balaban J connectivity index is 0.000000213. The number of ether oxygens (including phenoxy) is 5. The van der Waals surface area contributed by atoms with Gasteiger partial charge in [-0.15, -0.1) is 0 Å². The number of unbranched alkanes of at least 4 members (excludes halogenated alkanes) is 2. The largest absolute Gasteiger partial charge is 0.493 e. The quantitative estimate of drug-likeness (QED) is 0.0273. The Bertz CT molecular complexity index is 4320. The van der Waals surface area contributed by atoms with Crippen molar-refractivity contribution < 1.29 is 38.1 Å². The van der Waals surface area contributed by atoms with Gasteiger partial charge in [-0.25, -0.2) is 19.4 Å². The van der Waals surface area contributed by atoms with E-state index >= 15 is 0 Å². The summed E-state index contributed by atoms with van der Waals surface area (Å²) in [4.78, 5) is 38.7. The van der Waals surface area contributed by atoms with E-state index in [4.69, 9.17) is 23.7 Å². The summed E-state index contributed by atoms with van der Waals surface area (Å²) in [5.74, 6) is 26.8. The first kappa shape index (κ1) is 61.2. The van der Waals surface area contributed by atoms with Crippen molar-refractivity contribution in [1.29, 1.82) is 0 Å². The minimum atomic E-state index is -0.486. The lowest BCUT2D eigenvalue weighted by Crippen LogP contribution is -2.06. The number of rotatable bonds is 18. The fraction of sp³-hybridized carbons (Fsp3) is 0.139. The van der Waals surface area contributed by atoms with Gasteiger partial charge in [0, 0.05) is 109 Å². The molecule has 0 aliphatic rings. The summed E-state index contributed by atoms with van der Waals surface area (Å²) < 4.78 is 27.4. The third kappa shape index (κ3) is 16.7. The van der Waals surface area contributed by atoms with Crippen molar-refractivity contribution in [3.05, 3.63) is 276 Å².